The Balaban J connectivity index is 2.39. The van der Waals surface area contributed by atoms with Crippen molar-refractivity contribution in [3.63, 3.8) is 0 Å². The Morgan fingerprint density at radius 2 is 2.06 bits per heavy atom. The van der Waals surface area contributed by atoms with Crippen LogP contribution in [-0.4, -0.2) is 13.7 Å². The van der Waals surface area contributed by atoms with Crippen molar-refractivity contribution in [2.75, 3.05) is 13.7 Å². The highest BCUT2D eigenvalue weighted by molar-refractivity contribution is 7.10. The lowest BCUT2D eigenvalue weighted by Crippen LogP contribution is -2.21. The van der Waals surface area contributed by atoms with Crippen molar-refractivity contribution < 1.29 is 4.74 Å². The fourth-order valence-corrected chi connectivity index (χ4v) is 3.62. The van der Waals surface area contributed by atoms with Gasteiger partial charge >= 0.3 is 0 Å². The summed E-state index contributed by atoms with van der Waals surface area (Å²) < 4.78 is 5.42. The highest BCUT2D eigenvalue weighted by Gasteiger charge is 2.20. The smallest absolute Gasteiger partial charge is 0.134 e. The number of hydrogen-bond donors (Lipinski definition) is 1. The van der Waals surface area contributed by atoms with Gasteiger partial charge in [-0.25, -0.2) is 0 Å². The Bertz CT molecular complexity index is 475. The van der Waals surface area contributed by atoms with E-state index in [1.54, 1.807) is 29.8 Å². The number of hydrogen-bond acceptors (Lipinski definition) is 4. The van der Waals surface area contributed by atoms with E-state index in [9.17, 15) is 0 Å². The molecule has 0 aliphatic rings. The zero-order valence-corrected chi connectivity index (χ0v) is 12.0. The summed E-state index contributed by atoms with van der Waals surface area (Å²) in [5.74, 6) is 0.978. The van der Waals surface area contributed by atoms with Crippen LogP contribution in [0.1, 0.15) is 28.3 Å². The molecule has 4 heteroatoms. The molecule has 0 spiro atoms. The zero-order chi connectivity index (χ0) is 12.3. The van der Waals surface area contributed by atoms with Crippen LogP contribution >= 0.6 is 22.7 Å². The summed E-state index contributed by atoms with van der Waals surface area (Å²) in [6, 6.07) is 4.49. The number of ether oxygens (including phenoxy) is 1. The van der Waals surface area contributed by atoms with Gasteiger partial charge in [-0.15, -0.1) is 22.7 Å². The lowest BCUT2D eigenvalue weighted by Gasteiger charge is -2.18. The molecule has 0 aliphatic heterocycles. The Hall–Kier alpha value is -0.840. The molecule has 0 bridgehead atoms. The minimum absolute atomic E-state index is 0.251. The number of nitrogens with one attached hydrogen (secondary N) is 1. The molecule has 0 saturated carbocycles. The molecule has 0 saturated heterocycles. The lowest BCUT2D eigenvalue weighted by atomic mass is 10.1. The van der Waals surface area contributed by atoms with E-state index in [0.29, 0.717) is 0 Å². The normalized spacial score (nSPS) is 12.6. The van der Waals surface area contributed by atoms with Gasteiger partial charge in [-0.2, -0.15) is 0 Å². The Morgan fingerprint density at radius 3 is 2.65 bits per heavy atom. The largest absolute Gasteiger partial charge is 0.496 e. The molecule has 2 nitrogen and oxygen atoms in total. The van der Waals surface area contributed by atoms with Gasteiger partial charge in [0.05, 0.1) is 18.0 Å². The van der Waals surface area contributed by atoms with Gasteiger partial charge in [0.1, 0.15) is 5.75 Å². The van der Waals surface area contributed by atoms with Crippen molar-refractivity contribution in [1.29, 1.82) is 0 Å². The average molecular weight is 267 g/mol. The highest BCUT2D eigenvalue weighted by atomic mass is 32.1. The summed E-state index contributed by atoms with van der Waals surface area (Å²) in [4.78, 5) is 2.63. The van der Waals surface area contributed by atoms with E-state index in [-0.39, 0.29) is 6.04 Å². The molecule has 1 N–H and O–H groups in total. The number of rotatable bonds is 5. The van der Waals surface area contributed by atoms with Crippen molar-refractivity contribution in [1.82, 2.24) is 5.32 Å². The van der Waals surface area contributed by atoms with Gasteiger partial charge < -0.3 is 10.1 Å². The van der Waals surface area contributed by atoms with Gasteiger partial charge in [0, 0.05) is 4.88 Å². The van der Waals surface area contributed by atoms with Gasteiger partial charge in [-0.1, -0.05) is 6.92 Å². The summed E-state index contributed by atoms with van der Waals surface area (Å²) >= 11 is 3.54. The Kier molecular flexibility index (Phi) is 4.20. The van der Waals surface area contributed by atoms with Crippen LogP contribution in [0.4, 0.5) is 0 Å². The number of aryl methyl sites for hydroxylation is 1. The number of methoxy groups -OCH3 is 1. The highest BCUT2D eigenvalue weighted by Crippen LogP contribution is 2.36. The van der Waals surface area contributed by atoms with Crippen LogP contribution in [0.5, 0.6) is 5.75 Å². The van der Waals surface area contributed by atoms with E-state index in [4.69, 9.17) is 4.74 Å². The second kappa shape index (κ2) is 5.67. The van der Waals surface area contributed by atoms with Crippen LogP contribution in [0.2, 0.25) is 0 Å². The molecule has 1 unspecified atom stereocenters. The quantitative estimate of drug-likeness (QED) is 0.889. The molecule has 2 rings (SSSR count). The molecule has 2 aromatic heterocycles. The number of thiophene rings is 2. The molecule has 0 fully saturated rings. The van der Waals surface area contributed by atoms with Crippen LogP contribution in [0.25, 0.3) is 0 Å². The molecule has 2 heterocycles. The van der Waals surface area contributed by atoms with Gasteiger partial charge in [0.25, 0.3) is 0 Å². The van der Waals surface area contributed by atoms with E-state index >= 15 is 0 Å². The molecule has 2 aromatic rings. The Morgan fingerprint density at radius 1 is 1.29 bits per heavy atom. The van der Waals surface area contributed by atoms with Gasteiger partial charge in [0.2, 0.25) is 0 Å². The molecule has 1 atom stereocenters. The third kappa shape index (κ3) is 2.54. The topological polar surface area (TPSA) is 21.3 Å². The monoisotopic (exact) mass is 267 g/mol. The first-order valence-electron chi connectivity index (χ1n) is 5.66. The lowest BCUT2D eigenvalue weighted by molar-refractivity contribution is 0.408. The van der Waals surface area contributed by atoms with Gasteiger partial charge in [-0.3, -0.25) is 0 Å². The predicted molar refractivity (Wildman–Crippen MR) is 75.4 cm³/mol. The van der Waals surface area contributed by atoms with Crippen molar-refractivity contribution in [2.24, 2.45) is 0 Å². The van der Waals surface area contributed by atoms with E-state index < -0.39 is 0 Å². The second-order valence-corrected chi connectivity index (χ2v) is 5.84. The summed E-state index contributed by atoms with van der Waals surface area (Å²) in [6.45, 7) is 5.25. The molecular weight excluding hydrogens is 250 g/mol. The molecule has 92 valence electrons. The van der Waals surface area contributed by atoms with Crippen molar-refractivity contribution in [3.05, 3.63) is 38.2 Å². The maximum atomic E-state index is 5.42. The molecule has 0 radical (unpaired) electrons. The SMILES string of the molecule is CCNC(c1ccsc1C)c1sccc1OC. The Labute approximate surface area is 110 Å². The van der Waals surface area contributed by atoms with Crippen molar-refractivity contribution >= 4 is 22.7 Å². The fourth-order valence-electron chi connectivity index (χ4n) is 1.93. The first-order chi connectivity index (χ1) is 8.27. The van der Waals surface area contributed by atoms with Crippen LogP contribution < -0.4 is 10.1 Å². The molecule has 0 aliphatic carbocycles. The van der Waals surface area contributed by atoms with Crippen molar-refractivity contribution in [2.45, 2.75) is 19.9 Å². The first-order valence-corrected chi connectivity index (χ1v) is 7.42. The first kappa shape index (κ1) is 12.6. The predicted octanol–water partition coefficient (Wildman–Crippen LogP) is 3.83. The minimum atomic E-state index is 0.251. The third-order valence-electron chi connectivity index (χ3n) is 2.76. The maximum absolute atomic E-state index is 5.42. The summed E-state index contributed by atoms with van der Waals surface area (Å²) in [7, 11) is 1.73. The van der Waals surface area contributed by atoms with E-state index in [1.807, 2.05) is 6.07 Å². The maximum Gasteiger partial charge on any atom is 0.134 e. The molecular formula is C13H17NOS2. The third-order valence-corrected chi connectivity index (χ3v) is 4.58. The summed E-state index contributed by atoms with van der Waals surface area (Å²) in [5, 5.41) is 7.77. The molecule has 0 aromatic carbocycles. The van der Waals surface area contributed by atoms with E-state index in [1.165, 1.54) is 15.3 Å². The zero-order valence-electron chi connectivity index (χ0n) is 10.3. The van der Waals surface area contributed by atoms with Crippen LogP contribution in [0, 0.1) is 6.92 Å². The molecule has 17 heavy (non-hydrogen) atoms. The van der Waals surface area contributed by atoms with E-state index in [2.05, 4.69) is 36.0 Å². The minimum Gasteiger partial charge on any atom is -0.496 e. The van der Waals surface area contributed by atoms with Crippen LogP contribution in [-0.2, 0) is 0 Å². The average Bonchev–Trinajstić information content (AvgIpc) is 2.94. The van der Waals surface area contributed by atoms with Gasteiger partial charge in [0.15, 0.2) is 0 Å². The van der Waals surface area contributed by atoms with Gasteiger partial charge in [-0.05, 0) is 41.9 Å². The standard InChI is InChI=1S/C13H17NOS2/c1-4-14-12(10-5-7-16-9(10)2)13-11(15-3)6-8-17-13/h5-8,12,14H,4H2,1-3H3. The second-order valence-electron chi connectivity index (χ2n) is 3.78. The molecule has 0 amide bonds. The fraction of sp³-hybridized carbons (Fsp3) is 0.385. The summed E-state index contributed by atoms with van der Waals surface area (Å²) in [6.07, 6.45) is 0. The van der Waals surface area contributed by atoms with Crippen LogP contribution in [0.15, 0.2) is 22.9 Å². The van der Waals surface area contributed by atoms with Crippen molar-refractivity contribution in [3.8, 4) is 5.75 Å². The van der Waals surface area contributed by atoms with Crippen LogP contribution in [0.3, 0.4) is 0 Å². The summed E-state index contributed by atoms with van der Waals surface area (Å²) in [5.41, 5.74) is 1.36. The van der Waals surface area contributed by atoms with E-state index in [0.717, 1.165) is 12.3 Å².